The molecule has 0 radical (unpaired) electrons. The fraction of sp³-hybridized carbons (Fsp3) is 0.375. The molecule has 1 N–H and O–H groups in total. The lowest BCUT2D eigenvalue weighted by atomic mass is 10.3. The third-order valence-corrected chi connectivity index (χ3v) is 3.24. The van der Waals surface area contributed by atoms with E-state index in [-0.39, 0.29) is 23.3 Å². The van der Waals surface area contributed by atoms with Crippen LogP contribution >= 0.6 is 10.9 Å². The van der Waals surface area contributed by atoms with Crippen molar-refractivity contribution >= 4 is 16.7 Å². The van der Waals surface area contributed by atoms with Gasteiger partial charge in [0.1, 0.15) is 5.78 Å². The lowest BCUT2D eigenvalue weighted by Gasteiger charge is -2.06. The number of hydrogen-bond acceptors (Lipinski definition) is 2. The van der Waals surface area contributed by atoms with E-state index in [0.29, 0.717) is 12.2 Å². The van der Waals surface area contributed by atoms with Crippen molar-refractivity contribution in [1.29, 1.82) is 0 Å². The number of allylic oxidation sites excluding steroid dienone is 2. The highest BCUT2D eigenvalue weighted by Crippen LogP contribution is 2.32. The minimum absolute atomic E-state index is 0.0184. The van der Waals surface area contributed by atoms with Crippen LogP contribution in [0.5, 0.6) is 0 Å². The molecule has 1 aliphatic heterocycles. The third-order valence-electron chi connectivity index (χ3n) is 1.42. The first-order chi connectivity index (χ1) is 5.33. The molecule has 11 heavy (non-hydrogen) atoms. The van der Waals surface area contributed by atoms with Gasteiger partial charge in [-0.15, -0.1) is 0 Å². The van der Waals surface area contributed by atoms with Gasteiger partial charge in [-0.05, 0) is 10.8 Å². The van der Waals surface area contributed by atoms with Crippen LogP contribution in [0.1, 0.15) is 6.42 Å². The van der Waals surface area contributed by atoms with Crippen molar-refractivity contribution in [2.75, 3.05) is 12.4 Å². The van der Waals surface area contributed by atoms with E-state index in [1.165, 1.54) is 0 Å². The lowest BCUT2D eigenvalue weighted by Crippen LogP contribution is -2.05. The van der Waals surface area contributed by atoms with Crippen LogP contribution in [0.3, 0.4) is 0 Å². The summed E-state index contributed by atoms with van der Waals surface area (Å²) < 4.78 is 0. The van der Waals surface area contributed by atoms with Crippen molar-refractivity contribution in [3.8, 4) is 0 Å². The molecule has 0 saturated carbocycles. The van der Waals surface area contributed by atoms with Gasteiger partial charge >= 0.3 is 0 Å². The molecule has 0 aromatic heterocycles. The minimum atomic E-state index is -0.318. The van der Waals surface area contributed by atoms with Crippen LogP contribution in [-0.2, 0) is 4.79 Å². The predicted octanol–water partition coefficient (Wildman–Crippen LogP) is 0.980. The Morgan fingerprint density at radius 1 is 1.36 bits per heavy atom. The normalized spacial score (nSPS) is 17.7. The van der Waals surface area contributed by atoms with Gasteiger partial charge in [0.05, 0.1) is 0 Å². The standard InChI is InChI=1S/C8H12O2S/c9-4-3-8(10)7-11-5-1-2-6-11/h1-2,5-6,9,11H,3-4,7H2. The van der Waals surface area contributed by atoms with Crippen molar-refractivity contribution in [1.82, 2.24) is 0 Å². The van der Waals surface area contributed by atoms with E-state index in [0.717, 1.165) is 0 Å². The van der Waals surface area contributed by atoms with Crippen LogP contribution in [0.4, 0.5) is 0 Å². The van der Waals surface area contributed by atoms with Crippen molar-refractivity contribution in [3.63, 3.8) is 0 Å². The Labute approximate surface area is 69.0 Å². The highest BCUT2D eigenvalue weighted by atomic mass is 32.2. The van der Waals surface area contributed by atoms with Crippen molar-refractivity contribution in [2.24, 2.45) is 0 Å². The molecule has 0 spiro atoms. The maximum Gasteiger partial charge on any atom is 0.143 e. The second-order valence-corrected chi connectivity index (χ2v) is 4.31. The zero-order chi connectivity index (χ0) is 8.10. The first-order valence-corrected chi connectivity index (χ1v) is 5.23. The highest BCUT2D eigenvalue weighted by molar-refractivity contribution is 8.22. The summed E-state index contributed by atoms with van der Waals surface area (Å²) in [4.78, 5) is 11.0. The van der Waals surface area contributed by atoms with Crippen LogP contribution in [0.2, 0.25) is 0 Å². The number of ketones is 1. The Hall–Kier alpha value is -0.540. The second-order valence-electron chi connectivity index (χ2n) is 2.37. The summed E-state index contributed by atoms with van der Waals surface area (Å²) >= 11 is 0. The quantitative estimate of drug-likeness (QED) is 0.620. The molecular weight excluding hydrogens is 160 g/mol. The van der Waals surface area contributed by atoms with Crippen LogP contribution in [0, 0.1) is 0 Å². The molecule has 0 aromatic rings. The maximum absolute atomic E-state index is 11.0. The van der Waals surface area contributed by atoms with Gasteiger partial charge in [0.2, 0.25) is 0 Å². The van der Waals surface area contributed by atoms with Crippen molar-refractivity contribution in [3.05, 3.63) is 23.0 Å². The second kappa shape index (κ2) is 4.36. The van der Waals surface area contributed by atoms with Gasteiger partial charge in [-0.2, -0.15) is 0 Å². The van der Waals surface area contributed by atoms with Crippen LogP contribution in [0.15, 0.2) is 23.0 Å². The molecule has 62 valence electrons. The maximum atomic E-state index is 11.0. The number of Topliss-reactive ketones (excluding diaryl/α,β-unsaturated/α-hetero) is 1. The molecule has 0 aromatic carbocycles. The summed E-state index contributed by atoms with van der Waals surface area (Å²) in [6.07, 6.45) is 4.25. The average molecular weight is 172 g/mol. The largest absolute Gasteiger partial charge is 0.396 e. The Bertz CT molecular complexity index is 184. The molecule has 0 saturated heterocycles. The van der Waals surface area contributed by atoms with E-state index in [4.69, 9.17) is 5.11 Å². The monoisotopic (exact) mass is 172 g/mol. The molecule has 0 fully saturated rings. The molecule has 3 heteroatoms. The number of hydrogen-bond donors (Lipinski definition) is 2. The summed E-state index contributed by atoms with van der Waals surface area (Å²) in [6, 6.07) is 0. The van der Waals surface area contributed by atoms with Crippen LogP contribution in [0.25, 0.3) is 0 Å². The molecule has 2 nitrogen and oxygen atoms in total. The van der Waals surface area contributed by atoms with E-state index >= 15 is 0 Å². The van der Waals surface area contributed by atoms with E-state index in [2.05, 4.69) is 10.8 Å². The first kappa shape index (κ1) is 8.56. The fourth-order valence-electron chi connectivity index (χ4n) is 0.883. The van der Waals surface area contributed by atoms with E-state index in [1.807, 2.05) is 12.2 Å². The summed E-state index contributed by atoms with van der Waals surface area (Å²) in [6.45, 7) is -0.0184. The molecule has 0 amide bonds. The molecular formula is C8H12O2S. The smallest absolute Gasteiger partial charge is 0.143 e. The molecule has 1 aliphatic rings. The summed E-state index contributed by atoms with van der Waals surface area (Å²) in [7, 11) is -0.318. The number of carbonyl (C=O) groups is 1. The lowest BCUT2D eigenvalue weighted by molar-refractivity contribution is -0.117. The van der Waals surface area contributed by atoms with E-state index in [1.54, 1.807) is 0 Å². The molecule has 0 unspecified atom stereocenters. The van der Waals surface area contributed by atoms with Gasteiger partial charge in [0.15, 0.2) is 0 Å². The number of thiol groups is 1. The van der Waals surface area contributed by atoms with Crippen molar-refractivity contribution < 1.29 is 9.90 Å². The highest BCUT2D eigenvalue weighted by Gasteiger charge is 2.05. The molecule has 1 heterocycles. The number of aliphatic hydroxyl groups excluding tert-OH is 1. The van der Waals surface area contributed by atoms with Crippen LogP contribution in [-0.4, -0.2) is 23.2 Å². The van der Waals surface area contributed by atoms with Gasteiger partial charge in [-0.25, -0.2) is 10.9 Å². The SMILES string of the molecule is O=C(CCO)C[SH]1C=CC=C1. The Balaban J connectivity index is 2.25. The van der Waals surface area contributed by atoms with Gasteiger partial charge < -0.3 is 5.11 Å². The summed E-state index contributed by atoms with van der Waals surface area (Å²) in [5, 5.41) is 12.6. The molecule has 1 rings (SSSR count). The Kier molecular flexibility index (Phi) is 3.39. The predicted molar refractivity (Wildman–Crippen MR) is 48.8 cm³/mol. The van der Waals surface area contributed by atoms with E-state index < -0.39 is 0 Å². The van der Waals surface area contributed by atoms with Gasteiger partial charge in [0.25, 0.3) is 0 Å². The van der Waals surface area contributed by atoms with E-state index in [9.17, 15) is 4.79 Å². The van der Waals surface area contributed by atoms with Crippen LogP contribution < -0.4 is 0 Å². The number of rotatable bonds is 4. The summed E-state index contributed by atoms with van der Waals surface area (Å²) in [5.74, 6) is 0.762. The fourth-order valence-corrected chi connectivity index (χ4v) is 2.40. The molecule has 0 atom stereocenters. The van der Waals surface area contributed by atoms with Gasteiger partial charge in [0, 0.05) is 18.8 Å². The Morgan fingerprint density at radius 2 is 2.00 bits per heavy atom. The van der Waals surface area contributed by atoms with Crippen molar-refractivity contribution in [2.45, 2.75) is 6.42 Å². The minimum Gasteiger partial charge on any atom is -0.396 e. The third kappa shape index (κ3) is 2.91. The molecule has 0 aliphatic carbocycles. The van der Waals surface area contributed by atoms with Gasteiger partial charge in [-0.3, -0.25) is 4.79 Å². The number of carbonyl (C=O) groups excluding carboxylic acids is 1. The zero-order valence-corrected chi connectivity index (χ0v) is 7.13. The molecule has 0 bridgehead atoms. The summed E-state index contributed by atoms with van der Waals surface area (Å²) in [5.41, 5.74) is 0. The van der Waals surface area contributed by atoms with Gasteiger partial charge in [-0.1, -0.05) is 12.2 Å². The Morgan fingerprint density at radius 3 is 2.55 bits per heavy atom. The first-order valence-electron chi connectivity index (χ1n) is 3.56. The number of aliphatic hydroxyl groups is 1. The average Bonchev–Trinajstić information content (AvgIpc) is 2.40. The zero-order valence-electron chi connectivity index (χ0n) is 6.23. The topological polar surface area (TPSA) is 37.3 Å².